The number of benzene rings is 1. The van der Waals surface area contributed by atoms with Crippen LogP contribution in [0.15, 0.2) is 36.5 Å². The molecule has 1 fully saturated rings. The number of H-pyrrole nitrogens is 1. The lowest BCUT2D eigenvalue weighted by Crippen LogP contribution is -2.41. The number of fused-ring (bicyclic) bond motifs is 1. The van der Waals surface area contributed by atoms with Crippen molar-refractivity contribution in [3.8, 4) is 11.1 Å². The highest BCUT2D eigenvalue weighted by molar-refractivity contribution is 6.62. The number of nitrogens with one attached hydrogen (secondary N) is 1. The van der Waals surface area contributed by atoms with Gasteiger partial charge in [-0.2, -0.15) is 0 Å². The molecule has 0 radical (unpaired) electrons. The minimum absolute atomic E-state index is 0.251. The number of aromatic nitrogens is 2. The molecule has 140 valence electrons. The van der Waals surface area contributed by atoms with Gasteiger partial charge in [0.25, 0.3) is 0 Å². The summed E-state index contributed by atoms with van der Waals surface area (Å²) in [6.45, 7) is 10.2. The van der Waals surface area contributed by atoms with Gasteiger partial charge in [0.1, 0.15) is 11.5 Å². The van der Waals surface area contributed by atoms with Crippen molar-refractivity contribution >= 4 is 23.6 Å². The van der Waals surface area contributed by atoms with Crippen molar-refractivity contribution in [2.24, 2.45) is 0 Å². The van der Waals surface area contributed by atoms with Crippen LogP contribution < -0.4 is 5.46 Å². The van der Waals surface area contributed by atoms with Crippen LogP contribution in [0.25, 0.3) is 22.2 Å². The molecule has 0 unspecified atom stereocenters. The molecular weight excluding hydrogens is 342 g/mol. The molecule has 0 atom stereocenters. The van der Waals surface area contributed by atoms with Crippen molar-refractivity contribution in [1.29, 1.82) is 0 Å². The topological polar surface area (TPSA) is 47.1 Å². The lowest BCUT2D eigenvalue weighted by atomic mass is 9.79. The Hall–Kier alpha value is -2.18. The molecule has 1 aliphatic heterocycles. The second kappa shape index (κ2) is 6.18. The van der Waals surface area contributed by atoms with Gasteiger partial charge in [0.05, 0.1) is 11.2 Å². The summed E-state index contributed by atoms with van der Waals surface area (Å²) in [4.78, 5) is 7.96. The number of aryl methyl sites for hydroxylation is 1. The third-order valence-electron chi connectivity index (χ3n) is 5.74. The predicted octanol–water partition coefficient (Wildman–Crippen LogP) is 4.23. The van der Waals surface area contributed by atoms with E-state index in [0.717, 1.165) is 39.7 Å². The largest absolute Gasteiger partial charge is 0.496 e. The third-order valence-corrected chi connectivity index (χ3v) is 5.74. The van der Waals surface area contributed by atoms with Crippen LogP contribution in [0.5, 0.6) is 0 Å². The van der Waals surface area contributed by atoms with Crippen LogP contribution in [0.4, 0.5) is 4.39 Å². The van der Waals surface area contributed by atoms with Crippen LogP contribution >= 0.6 is 0 Å². The summed E-state index contributed by atoms with van der Waals surface area (Å²) >= 11 is 0. The highest BCUT2D eigenvalue weighted by Crippen LogP contribution is 2.37. The van der Waals surface area contributed by atoms with Crippen LogP contribution in [0.2, 0.25) is 0 Å². The summed E-state index contributed by atoms with van der Waals surface area (Å²) in [5.41, 5.74) is 3.68. The van der Waals surface area contributed by atoms with E-state index in [9.17, 15) is 4.39 Å². The van der Waals surface area contributed by atoms with E-state index >= 15 is 0 Å². The summed E-state index contributed by atoms with van der Waals surface area (Å²) in [5.74, 6) is -0.251. The van der Waals surface area contributed by atoms with Crippen LogP contribution in [0.3, 0.4) is 0 Å². The summed E-state index contributed by atoms with van der Waals surface area (Å²) in [6, 6.07) is 8.71. The second-order valence-electron chi connectivity index (χ2n) is 8.10. The number of rotatable bonds is 3. The minimum Gasteiger partial charge on any atom is -0.399 e. The first-order valence-corrected chi connectivity index (χ1v) is 9.34. The Morgan fingerprint density at radius 1 is 1.11 bits per heavy atom. The Bertz CT molecular complexity index is 997. The SMILES string of the molecule is CCc1[nH]c2ncc(B3OC(C)(C)C(C)(C)O3)cc2c1-c1cccc(F)c1. The minimum atomic E-state index is -0.479. The summed E-state index contributed by atoms with van der Waals surface area (Å²) in [7, 11) is -0.479. The van der Waals surface area contributed by atoms with Gasteiger partial charge in [0, 0.05) is 28.3 Å². The van der Waals surface area contributed by atoms with E-state index in [-0.39, 0.29) is 5.82 Å². The maximum Gasteiger partial charge on any atom is 0.496 e. The fourth-order valence-corrected chi connectivity index (χ4v) is 3.49. The van der Waals surface area contributed by atoms with Crippen molar-refractivity contribution < 1.29 is 13.7 Å². The molecule has 1 N–H and O–H groups in total. The fourth-order valence-electron chi connectivity index (χ4n) is 3.49. The number of halogens is 1. The Kier molecular flexibility index (Phi) is 4.16. The van der Waals surface area contributed by atoms with Crippen LogP contribution in [0, 0.1) is 5.82 Å². The molecule has 2 aromatic heterocycles. The monoisotopic (exact) mass is 366 g/mol. The highest BCUT2D eigenvalue weighted by Gasteiger charge is 2.51. The van der Waals surface area contributed by atoms with Gasteiger partial charge in [0.15, 0.2) is 0 Å². The highest BCUT2D eigenvalue weighted by atomic mass is 19.1. The van der Waals surface area contributed by atoms with Crippen molar-refractivity contribution in [3.63, 3.8) is 0 Å². The van der Waals surface area contributed by atoms with Crippen molar-refractivity contribution in [1.82, 2.24) is 9.97 Å². The Balaban J connectivity index is 1.84. The molecule has 0 amide bonds. The van der Waals surface area contributed by atoms with Crippen LogP contribution in [-0.4, -0.2) is 28.3 Å². The van der Waals surface area contributed by atoms with Gasteiger partial charge < -0.3 is 14.3 Å². The number of nitrogens with zero attached hydrogens (tertiary/aromatic N) is 1. The normalized spacial score (nSPS) is 18.4. The maximum atomic E-state index is 13.8. The van der Waals surface area contributed by atoms with E-state index in [1.54, 1.807) is 18.3 Å². The molecule has 6 heteroatoms. The van der Waals surface area contributed by atoms with E-state index in [1.807, 2.05) is 39.8 Å². The summed E-state index contributed by atoms with van der Waals surface area (Å²) in [5, 5.41) is 0.949. The average molecular weight is 366 g/mol. The summed E-state index contributed by atoms with van der Waals surface area (Å²) < 4.78 is 26.2. The molecule has 3 aromatic rings. The van der Waals surface area contributed by atoms with Gasteiger partial charge in [-0.1, -0.05) is 19.1 Å². The number of hydrogen-bond donors (Lipinski definition) is 1. The lowest BCUT2D eigenvalue weighted by molar-refractivity contribution is 0.00578. The van der Waals surface area contributed by atoms with Gasteiger partial charge in [-0.3, -0.25) is 0 Å². The quantitative estimate of drug-likeness (QED) is 0.706. The molecule has 0 aliphatic carbocycles. The van der Waals surface area contributed by atoms with Gasteiger partial charge in [-0.05, 0) is 57.9 Å². The number of hydrogen-bond acceptors (Lipinski definition) is 3. The zero-order valence-electron chi connectivity index (χ0n) is 16.4. The molecule has 4 rings (SSSR count). The first-order valence-electron chi connectivity index (χ1n) is 9.34. The van der Waals surface area contributed by atoms with Crippen molar-refractivity contribution in [2.45, 2.75) is 52.2 Å². The molecule has 1 saturated heterocycles. The molecule has 0 spiro atoms. The van der Waals surface area contributed by atoms with E-state index in [4.69, 9.17) is 9.31 Å². The molecule has 0 bridgehead atoms. The van der Waals surface area contributed by atoms with E-state index in [2.05, 4.69) is 16.9 Å². The fraction of sp³-hybridized carbons (Fsp3) is 0.381. The number of aromatic amines is 1. The molecule has 0 saturated carbocycles. The first-order chi connectivity index (χ1) is 12.7. The van der Waals surface area contributed by atoms with Crippen LogP contribution in [0.1, 0.15) is 40.3 Å². The van der Waals surface area contributed by atoms with E-state index in [1.165, 1.54) is 6.07 Å². The molecular formula is C21H24BFN2O2. The van der Waals surface area contributed by atoms with Crippen molar-refractivity contribution in [3.05, 3.63) is 48.0 Å². The van der Waals surface area contributed by atoms with Crippen LogP contribution in [-0.2, 0) is 15.7 Å². The lowest BCUT2D eigenvalue weighted by Gasteiger charge is -2.32. The van der Waals surface area contributed by atoms with Gasteiger partial charge >= 0.3 is 7.12 Å². The predicted molar refractivity (Wildman–Crippen MR) is 107 cm³/mol. The zero-order chi connectivity index (χ0) is 19.4. The zero-order valence-corrected chi connectivity index (χ0v) is 16.4. The van der Waals surface area contributed by atoms with Gasteiger partial charge in [-0.15, -0.1) is 0 Å². The Morgan fingerprint density at radius 2 is 1.81 bits per heavy atom. The molecule has 1 aliphatic rings. The maximum absolute atomic E-state index is 13.8. The number of pyridine rings is 1. The van der Waals surface area contributed by atoms with Gasteiger partial charge in [-0.25, -0.2) is 9.37 Å². The Morgan fingerprint density at radius 3 is 2.44 bits per heavy atom. The standard InChI is InChI=1S/C21H24BFN2O2/c1-6-17-18(13-8-7-9-15(23)10-13)16-11-14(12-24-19(16)25-17)22-26-20(2,3)21(4,5)27-22/h7-12H,6H2,1-5H3,(H,24,25). The first kappa shape index (κ1) is 18.2. The average Bonchev–Trinajstić information content (AvgIpc) is 3.08. The molecule has 3 heterocycles. The second-order valence-corrected chi connectivity index (χ2v) is 8.10. The smallest absolute Gasteiger partial charge is 0.399 e. The molecule has 1 aromatic carbocycles. The van der Waals surface area contributed by atoms with Crippen molar-refractivity contribution in [2.75, 3.05) is 0 Å². The van der Waals surface area contributed by atoms with E-state index in [0.29, 0.717) is 0 Å². The third kappa shape index (κ3) is 2.97. The van der Waals surface area contributed by atoms with E-state index < -0.39 is 18.3 Å². The molecule has 27 heavy (non-hydrogen) atoms. The molecule has 4 nitrogen and oxygen atoms in total. The van der Waals surface area contributed by atoms with Gasteiger partial charge in [0.2, 0.25) is 0 Å². The Labute approximate surface area is 159 Å². The summed E-state index contributed by atoms with van der Waals surface area (Å²) in [6.07, 6.45) is 2.59.